The Morgan fingerprint density at radius 1 is 1.00 bits per heavy atom. The molecule has 7 heteroatoms. The van der Waals surface area contributed by atoms with Gasteiger partial charge in [-0.05, 0) is 30.3 Å². The smallest absolute Gasteiger partial charge is 0.274 e. The molecule has 0 radical (unpaired) electrons. The van der Waals surface area contributed by atoms with Crippen LogP contribution in [0.15, 0.2) is 78.1 Å². The first-order chi connectivity index (χ1) is 11.1. The number of aromatic nitrogens is 2. The molecule has 0 aliphatic rings. The van der Waals surface area contributed by atoms with Gasteiger partial charge in [-0.25, -0.2) is 12.4 Å². The summed E-state index contributed by atoms with van der Waals surface area (Å²) in [5.74, 6) is -0.402. The van der Waals surface area contributed by atoms with Gasteiger partial charge in [-0.3, -0.25) is 9.78 Å². The van der Waals surface area contributed by atoms with Crippen LogP contribution in [0.4, 0.5) is 5.69 Å². The van der Waals surface area contributed by atoms with Gasteiger partial charge in [0.25, 0.3) is 15.9 Å². The monoisotopic (exact) mass is 327 g/mol. The summed E-state index contributed by atoms with van der Waals surface area (Å²) >= 11 is 0. The van der Waals surface area contributed by atoms with Crippen molar-refractivity contribution in [1.82, 2.24) is 8.96 Å². The number of pyridine rings is 1. The van der Waals surface area contributed by atoms with Crippen molar-refractivity contribution in [2.45, 2.75) is 4.90 Å². The largest absolute Gasteiger partial charge is 0.319 e. The van der Waals surface area contributed by atoms with E-state index in [1.807, 2.05) is 0 Å². The average molecular weight is 327 g/mol. The number of anilines is 1. The summed E-state index contributed by atoms with van der Waals surface area (Å²) in [6, 6.07) is 14.6. The molecule has 0 aliphatic heterocycles. The van der Waals surface area contributed by atoms with Crippen LogP contribution >= 0.6 is 0 Å². The Balaban J connectivity index is 1.83. The molecule has 0 spiro atoms. The Morgan fingerprint density at radius 3 is 2.43 bits per heavy atom. The van der Waals surface area contributed by atoms with Gasteiger partial charge in [-0.2, -0.15) is 0 Å². The van der Waals surface area contributed by atoms with Gasteiger partial charge in [-0.15, -0.1) is 0 Å². The lowest BCUT2D eigenvalue weighted by Crippen LogP contribution is -2.13. The molecule has 0 aliphatic carbocycles. The first-order valence-corrected chi connectivity index (χ1v) is 8.22. The minimum atomic E-state index is -3.67. The third kappa shape index (κ3) is 3.14. The zero-order valence-corrected chi connectivity index (χ0v) is 12.8. The number of amides is 1. The summed E-state index contributed by atoms with van der Waals surface area (Å²) in [7, 11) is -3.67. The predicted molar refractivity (Wildman–Crippen MR) is 85.6 cm³/mol. The summed E-state index contributed by atoms with van der Waals surface area (Å²) in [4.78, 5) is 16.1. The first kappa shape index (κ1) is 15.0. The molecule has 0 saturated heterocycles. The summed E-state index contributed by atoms with van der Waals surface area (Å²) in [5.41, 5.74) is 0.631. The molecule has 0 unspecified atom stereocenters. The van der Waals surface area contributed by atoms with E-state index in [1.54, 1.807) is 36.4 Å². The fourth-order valence-corrected chi connectivity index (χ4v) is 3.22. The number of nitrogens with one attached hydrogen (secondary N) is 1. The zero-order valence-electron chi connectivity index (χ0n) is 12.0. The van der Waals surface area contributed by atoms with Gasteiger partial charge in [-0.1, -0.05) is 24.3 Å². The minimum Gasteiger partial charge on any atom is -0.319 e. The number of carbonyl (C=O) groups is 1. The lowest BCUT2D eigenvalue weighted by atomic mass is 10.3. The van der Waals surface area contributed by atoms with Gasteiger partial charge in [0.15, 0.2) is 0 Å². The molecule has 0 saturated carbocycles. The van der Waals surface area contributed by atoms with Crippen LogP contribution in [0.5, 0.6) is 0 Å². The number of carbonyl (C=O) groups excluding carboxylic acids is 1. The molecule has 23 heavy (non-hydrogen) atoms. The van der Waals surface area contributed by atoms with Gasteiger partial charge in [0.2, 0.25) is 0 Å². The van der Waals surface area contributed by atoms with Crippen LogP contribution in [-0.2, 0) is 10.0 Å². The van der Waals surface area contributed by atoms with Crippen LogP contribution in [0.25, 0.3) is 0 Å². The van der Waals surface area contributed by atoms with Crippen molar-refractivity contribution in [2.75, 3.05) is 5.32 Å². The molecule has 2 aromatic heterocycles. The molecule has 3 aromatic rings. The highest BCUT2D eigenvalue weighted by Gasteiger charge is 2.17. The van der Waals surface area contributed by atoms with Gasteiger partial charge in [0, 0.05) is 18.6 Å². The molecule has 1 aromatic carbocycles. The van der Waals surface area contributed by atoms with E-state index in [1.165, 1.54) is 36.8 Å². The number of benzene rings is 1. The molecule has 0 atom stereocenters. The summed E-state index contributed by atoms with van der Waals surface area (Å²) < 4.78 is 25.9. The highest BCUT2D eigenvalue weighted by Crippen LogP contribution is 2.17. The Labute approximate surface area is 133 Å². The molecular formula is C16H13N3O3S. The Hall–Kier alpha value is -2.93. The summed E-state index contributed by atoms with van der Waals surface area (Å²) in [6.45, 7) is 0. The third-order valence-corrected chi connectivity index (χ3v) is 4.79. The van der Waals surface area contributed by atoms with Crippen LogP contribution in [0.1, 0.15) is 10.5 Å². The maximum atomic E-state index is 12.4. The van der Waals surface area contributed by atoms with Crippen molar-refractivity contribution in [3.05, 3.63) is 78.9 Å². The fourth-order valence-electron chi connectivity index (χ4n) is 2.01. The van der Waals surface area contributed by atoms with Gasteiger partial charge < -0.3 is 5.32 Å². The van der Waals surface area contributed by atoms with E-state index < -0.39 is 15.9 Å². The van der Waals surface area contributed by atoms with Crippen LogP contribution in [0.3, 0.4) is 0 Å². The third-order valence-electron chi connectivity index (χ3n) is 3.14. The van der Waals surface area contributed by atoms with E-state index in [4.69, 9.17) is 0 Å². The molecule has 1 N–H and O–H groups in total. The van der Waals surface area contributed by atoms with E-state index >= 15 is 0 Å². The van der Waals surface area contributed by atoms with Crippen molar-refractivity contribution < 1.29 is 13.2 Å². The highest BCUT2D eigenvalue weighted by molar-refractivity contribution is 7.90. The zero-order chi connectivity index (χ0) is 16.3. The Kier molecular flexibility index (Phi) is 3.94. The molecule has 6 nitrogen and oxygen atoms in total. The van der Waals surface area contributed by atoms with Crippen molar-refractivity contribution in [1.29, 1.82) is 0 Å². The Morgan fingerprint density at radius 2 is 1.74 bits per heavy atom. The maximum absolute atomic E-state index is 12.4. The molecule has 0 bridgehead atoms. The van der Waals surface area contributed by atoms with E-state index in [9.17, 15) is 13.2 Å². The maximum Gasteiger partial charge on any atom is 0.274 e. The van der Waals surface area contributed by atoms with E-state index in [0.717, 1.165) is 3.97 Å². The van der Waals surface area contributed by atoms with Gasteiger partial charge in [0.05, 0.1) is 10.6 Å². The first-order valence-electron chi connectivity index (χ1n) is 6.78. The quantitative estimate of drug-likeness (QED) is 0.797. The van der Waals surface area contributed by atoms with Crippen LogP contribution < -0.4 is 5.32 Å². The second-order valence-electron chi connectivity index (χ2n) is 4.72. The molecule has 3 rings (SSSR count). The van der Waals surface area contributed by atoms with Crippen molar-refractivity contribution in [2.24, 2.45) is 0 Å². The van der Waals surface area contributed by atoms with E-state index in [2.05, 4.69) is 10.3 Å². The molecule has 116 valence electrons. The number of rotatable bonds is 4. The van der Waals surface area contributed by atoms with E-state index in [-0.39, 0.29) is 10.6 Å². The summed E-state index contributed by atoms with van der Waals surface area (Å²) in [5, 5.41) is 2.62. The van der Waals surface area contributed by atoms with Crippen LogP contribution in [0, 0.1) is 0 Å². The van der Waals surface area contributed by atoms with E-state index in [0.29, 0.717) is 5.69 Å². The lowest BCUT2D eigenvalue weighted by Gasteiger charge is -2.05. The predicted octanol–water partition coefficient (Wildman–Crippen LogP) is 2.37. The number of nitrogens with zero attached hydrogens (tertiary/aromatic N) is 2. The second kappa shape index (κ2) is 6.05. The minimum absolute atomic E-state index is 0.179. The van der Waals surface area contributed by atoms with Crippen LogP contribution in [0.2, 0.25) is 0 Å². The normalized spacial score (nSPS) is 11.1. The van der Waals surface area contributed by atoms with Crippen molar-refractivity contribution >= 4 is 21.6 Å². The number of hydrogen-bond acceptors (Lipinski definition) is 4. The number of hydrogen-bond donors (Lipinski definition) is 1. The van der Waals surface area contributed by atoms with Gasteiger partial charge in [0.1, 0.15) is 5.69 Å². The topological polar surface area (TPSA) is 81.1 Å². The van der Waals surface area contributed by atoms with Crippen molar-refractivity contribution in [3.63, 3.8) is 0 Å². The summed E-state index contributed by atoms with van der Waals surface area (Å²) in [6.07, 6.45) is 4.25. The fraction of sp³-hybridized carbons (Fsp3) is 0. The molecule has 2 heterocycles. The molecular weight excluding hydrogens is 314 g/mol. The highest BCUT2D eigenvalue weighted by atomic mass is 32.2. The molecule has 0 fully saturated rings. The molecule has 1 amide bonds. The second-order valence-corrected chi connectivity index (χ2v) is 6.56. The Bertz CT molecular complexity index is 919. The standard InChI is InChI=1S/C16H13N3O3S/c20-16(15-8-4-5-10-17-15)18-13-9-11-19(12-13)23(21,22)14-6-2-1-3-7-14/h1-12H,(H,18,20). The van der Waals surface area contributed by atoms with Crippen molar-refractivity contribution in [3.8, 4) is 0 Å². The van der Waals surface area contributed by atoms with Crippen LogP contribution in [-0.4, -0.2) is 23.3 Å². The lowest BCUT2D eigenvalue weighted by molar-refractivity contribution is 0.102. The average Bonchev–Trinajstić information content (AvgIpc) is 3.06. The van der Waals surface area contributed by atoms with Gasteiger partial charge >= 0.3 is 0 Å². The SMILES string of the molecule is O=C(Nc1ccn(S(=O)(=O)c2ccccc2)c1)c1ccccn1.